The predicted octanol–water partition coefficient (Wildman–Crippen LogP) is 1.58. The van der Waals surface area contributed by atoms with Crippen LogP contribution in [0.3, 0.4) is 0 Å². The molecule has 0 unspecified atom stereocenters. The van der Waals surface area contributed by atoms with E-state index in [2.05, 4.69) is 5.32 Å². The maximum Gasteiger partial charge on any atom is 0.251 e. The number of hydrogen-bond acceptors (Lipinski definition) is 4. The van der Waals surface area contributed by atoms with E-state index >= 15 is 0 Å². The molecule has 3 N–H and O–H groups in total. The zero-order valence-corrected chi connectivity index (χ0v) is 11.4. The molecule has 0 aliphatic carbocycles. The summed E-state index contributed by atoms with van der Waals surface area (Å²) in [5, 5.41) is 3.06. The molecule has 2 rings (SSSR count). The molecule has 1 aromatic carbocycles. The summed E-state index contributed by atoms with van der Waals surface area (Å²) in [6.07, 6.45) is 1.65. The number of anilines is 1. The van der Waals surface area contributed by atoms with Gasteiger partial charge in [-0.05, 0) is 38.0 Å². The zero-order chi connectivity index (χ0) is 13.9. The number of nitrogen functional groups attached to an aromatic ring is 1. The molecule has 0 spiro atoms. The summed E-state index contributed by atoms with van der Waals surface area (Å²) in [7, 11) is 1.55. The van der Waals surface area contributed by atoms with Gasteiger partial charge in [-0.25, -0.2) is 0 Å². The lowest BCUT2D eigenvalue weighted by Crippen LogP contribution is -2.49. The number of hydrogen-bond donors (Lipinski definition) is 2. The van der Waals surface area contributed by atoms with E-state index < -0.39 is 0 Å². The van der Waals surface area contributed by atoms with Gasteiger partial charge < -0.3 is 20.5 Å². The number of nitrogens with one attached hydrogen (secondary N) is 1. The molecule has 1 saturated heterocycles. The molecule has 1 aromatic rings. The molecule has 5 heteroatoms. The van der Waals surface area contributed by atoms with Crippen LogP contribution < -0.4 is 15.8 Å². The molecule has 104 valence electrons. The van der Waals surface area contributed by atoms with Crippen LogP contribution >= 0.6 is 0 Å². The summed E-state index contributed by atoms with van der Waals surface area (Å²) in [6, 6.07) is 5.06. The lowest BCUT2D eigenvalue weighted by molar-refractivity contribution is 0.0423. The molecule has 0 aromatic heterocycles. The SMILES string of the molecule is COc1ccc(C(=O)NC2(C)CCOCC2)cc1N. The lowest BCUT2D eigenvalue weighted by Gasteiger charge is -2.34. The average Bonchev–Trinajstić information content (AvgIpc) is 2.39. The molecule has 1 aliphatic heterocycles. The van der Waals surface area contributed by atoms with Gasteiger partial charge in [-0.2, -0.15) is 0 Å². The number of methoxy groups -OCH3 is 1. The van der Waals surface area contributed by atoms with Crippen LogP contribution in [-0.4, -0.2) is 31.8 Å². The minimum atomic E-state index is -0.204. The maximum atomic E-state index is 12.2. The third-order valence-electron chi connectivity index (χ3n) is 3.50. The van der Waals surface area contributed by atoms with Gasteiger partial charge in [0.15, 0.2) is 0 Å². The maximum absolute atomic E-state index is 12.2. The van der Waals surface area contributed by atoms with Crippen molar-refractivity contribution in [1.29, 1.82) is 0 Å². The number of carbonyl (C=O) groups excluding carboxylic acids is 1. The van der Waals surface area contributed by atoms with E-state index in [1.54, 1.807) is 25.3 Å². The second-order valence-corrected chi connectivity index (χ2v) is 5.08. The van der Waals surface area contributed by atoms with Crippen LogP contribution in [0.4, 0.5) is 5.69 Å². The monoisotopic (exact) mass is 264 g/mol. The van der Waals surface area contributed by atoms with Crippen LogP contribution in [0.1, 0.15) is 30.1 Å². The Morgan fingerprint density at radius 2 is 2.11 bits per heavy atom. The Labute approximate surface area is 113 Å². The third-order valence-corrected chi connectivity index (χ3v) is 3.50. The lowest BCUT2D eigenvalue weighted by atomic mass is 9.92. The molecule has 5 nitrogen and oxygen atoms in total. The first kappa shape index (κ1) is 13.7. The van der Waals surface area contributed by atoms with E-state index in [1.165, 1.54) is 0 Å². The molecule has 0 radical (unpaired) electrons. The highest BCUT2D eigenvalue weighted by Crippen LogP contribution is 2.24. The Morgan fingerprint density at radius 1 is 1.42 bits per heavy atom. The highest BCUT2D eigenvalue weighted by Gasteiger charge is 2.29. The molecular formula is C14H20N2O3. The van der Waals surface area contributed by atoms with Crippen molar-refractivity contribution in [3.8, 4) is 5.75 Å². The van der Waals surface area contributed by atoms with Crippen LogP contribution in [-0.2, 0) is 4.74 Å². The number of nitrogens with two attached hydrogens (primary N) is 1. The Balaban J connectivity index is 2.09. The number of rotatable bonds is 3. The molecule has 0 saturated carbocycles. The fraction of sp³-hybridized carbons (Fsp3) is 0.500. The fourth-order valence-electron chi connectivity index (χ4n) is 2.17. The van der Waals surface area contributed by atoms with Crippen molar-refractivity contribution in [1.82, 2.24) is 5.32 Å². The first-order valence-corrected chi connectivity index (χ1v) is 6.38. The first-order chi connectivity index (χ1) is 9.04. The van der Waals surface area contributed by atoms with Crippen molar-refractivity contribution in [2.24, 2.45) is 0 Å². The Bertz CT molecular complexity index is 468. The molecule has 1 amide bonds. The van der Waals surface area contributed by atoms with Gasteiger partial charge in [0.05, 0.1) is 12.8 Å². The quantitative estimate of drug-likeness (QED) is 0.813. The van der Waals surface area contributed by atoms with Gasteiger partial charge in [0.1, 0.15) is 5.75 Å². The summed E-state index contributed by atoms with van der Waals surface area (Å²) in [5.74, 6) is 0.465. The summed E-state index contributed by atoms with van der Waals surface area (Å²) in [6.45, 7) is 3.41. The third kappa shape index (κ3) is 3.17. The van der Waals surface area contributed by atoms with E-state index in [4.69, 9.17) is 15.2 Å². The standard InChI is InChI=1S/C14H20N2O3/c1-14(5-7-19-8-6-14)16-13(17)10-3-4-12(18-2)11(15)9-10/h3-4,9H,5-8,15H2,1-2H3,(H,16,17). The van der Waals surface area contributed by atoms with Crippen LogP contribution in [0.2, 0.25) is 0 Å². The van der Waals surface area contributed by atoms with Crippen molar-refractivity contribution >= 4 is 11.6 Å². The highest BCUT2D eigenvalue weighted by atomic mass is 16.5. The van der Waals surface area contributed by atoms with Crippen molar-refractivity contribution in [2.45, 2.75) is 25.3 Å². The van der Waals surface area contributed by atoms with Crippen molar-refractivity contribution in [3.63, 3.8) is 0 Å². The fourth-order valence-corrected chi connectivity index (χ4v) is 2.17. The van der Waals surface area contributed by atoms with E-state index in [0.717, 1.165) is 12.8 Å². The Hall–Kier alpha value is -1.75. The van der Waals surface area contributed by atoms with Gasteiger partial charge in [0.25, 0.3) is 5.91 Å². The Morgan fingerprint density at radius 3 is 2.68 bits per heavy atom. The van der Waals surface area contributed by atoms with Gasteiger partial charge in [-0.1, -0.05) is 0 Å². The molecular weight excluding hydrogens is 244 g/mol. The van der Waals surface area contributed by atoms with Crippen LogP contribution in [0, 0.1) is 0 Å². The number of ether oxygens (including phenoxy) is 2. The second kappa shape index (κ2) is 5.48. The van der Waals surface area contributed by atoms with E-state index in [9.17, 15) is 4.79 Å². The average molecular weight is 264 g/mol. The minimum absolute atomic E-state index is 0.112. The highest BCUT2D eigenvalue weighted by molar-refractivity contribution is 5.95. The summed E-state index contributed by atoms with van der Waals surface area (Å²) < 4.78 is 10.4. The van der Waals surface area contributed by atoms with Gasteiger partial charge in [0, 0.05) is 24.3 Å². The van der Waals surface area contributed by atoms with Gasteiger partial charge in [0.2, 0.25) is 0 Å². The van der Waals surface area contributed by atoms with Crippen molar-refractivity contribution in [2.75, 3.05) is 26.1 Å². The molecule has 19 heavy (non-hydrogen) atoms. The zero-order valence-electron chi connectivity index (χ0n) is 11.4. The number of carbonyl (C=O) groups is 1. The van der Waals surface area contributed by atoms with Crippen LogP contribution in [0.25, 0.3) is 0 Å². The smallest absolute Gasteiger partial charge is 0.251 e. The first-order valence-electron chi connectivity index (χ1n) is 6.38. The summed E-state index contributed by atoms with van der Waals surface area (Å²) >= 11 is 0. The largest absolute Gasteiger partial charge is 0.495 e. The Kier molecular flexibility index (Phi) is 3.95. The number of amides is 1. The van der Waals surface area contributed by atoms with Crippen LogP contribution in [0.5, 0.6) is 5.75 Å². The van der Waals surface area contributed by atoms with Gasteiger partial charge >= 0.3 is 0 Å². The molecule has 0 bridgehead atoms. The summed E-state index contributed by atoms with van der Waals surface area (Å²) in [5.41, 5.74) is 6.62. The minimum Gasteiger partial charge on any atom is -0.495 e. The van der Waals surface area contributed by atoms with Crippen LogP contribution in [0.15, 0.2) is 18.2 Å². The van der Waals surface area contributed by atoms with E-state index in [-0.39, 0.29) is 11.4 Å². The second-order valence-electron chi connectivity index (χ2n) is 5.08. The predicted molar refractivity (Wildman–Crippen MR) is 73.3 cm³/mol. The van der Waals surface area contributed by atoms with Gasteiger partial charge in [-0.15, -0.1) is 0 Å². The van der Waals surface area contributed by atoms with E-state index in [1.807, 2.05) is 6.92 Å². The normalized spacial score (nSPS) is 17.8. The molecule has 1 aliphatic rings. The van der Waals surface area contributed by atoms with Gasteiger partial charge in [-0.3, -0.25) is 4.79 Å². The number of benzene rings is 1. The van der Waals surface area contributed by atoms with E-state index in [0.29, 0.717) is 30.2 Å². The van der Waals surface area contributed by atoms with Crippen molar-refractivity contribution < 1.29 is 14.3 Å². The van der Waals surface area contributed by atoms with Crippen molar-refractivity contribution in [3.05, 3.63) is 23.8 Å². The summed E-state index contributed by atoms with van der Waals surface area (Å²) in [4.78, 5) is 12.2. The topological polar surface area (TPSA) is 73.6 Å². The molecule has 1 fully saturated rings. The molecule has 0 atom stereocenters. The molecule has 1 heterocycles.